The number of ether oxygens (including phenoxy) is 1. The van der Waals surface area contributed by atoms with Crippen molar-refractivity contribution in [2.24, 2.45) is 5.73 Å². The van der Waals surface area contributed by atoms with Crippen LogP contribution in [0.3, 0.4) is 0 Å². The van der Waals surface area contributed by atoms with Gasteiger partial charge in [0.1, 0.15) is 6.04 Å². The fourth-order valence-electron chi connectivity index (χ4n) is 2.64. The Labute approximate surface area is 176 Å². The van der Waals surface area contributed by atoms with Crippen LogP contribution >= 0.6 is 23.2 Å². The highest BCUT2D eigenvalue weighted by Crippen LogP contribution is 2.39. The van der Waals surface area contributed by atoms with E-state index in [0.29, 0.717) is 0 Å². The summed E-state index contributed by atoms with van der Waals surface area (Å²) in [4.78, 5) is 11.5. The Morgan fingerprint density at radius 2 is 1.52 bits per heavy atom. The van der Waals surface area contributed by atoms with E-state index in [0.717, 1.165) is 5.56 Å². The Hall–Kier alpha value is -1.80. The molecular formula is C20H20Cl2F3NO3. The second-order valence-electron chi connectivity index (χ2n) is 7.56. The van der Waals surface area contributed by atoms with Crippen LogP contribution < -0.4 is 5.73 Å². The number of nitrogens with two attached hydrogens (primary N) is 1. The summed E-state index contributed by atoms with van der Waals surface area (Å²) in [6, 6.07) is 8.40. The summed E-state index contributed by atoms with van der Waals surface area (Å²) >= 11 is 11.8. The molecule has 0 aliphatic carbocycles. The van der Waals surface area contributed by atoms with Crippen LogP contribution in [0.2, 0.25) is 10.0 Å². The lowest BCUT2D eigenvalue weighted by molar-refractivity contribution is -0.259. The van der Waals surface area contributed by atoms with Crippen molar-refractivity contribution in [3.8, 4) is 0 Å². The van der Waals surface area contributed by atoms with Gasteiger partial charge in [-0.3, -0.25) is 0 Å². The summed E-state index contributed by atoms with van der Waals surface area (Å²) in [6.07, 6.45) is -5.32. The molecule has 158 valence electrons. The fourth-order valence-corrected chi connectivity index (χ4v) is 2.95. The summed E-state index contributed by atoms with van der Waals surface area (Å²) in [7, 11) is 0. The van der Waals surface area contributed by atoms with E-state index in [2.05, 4.69) is 4.74 Å². The van der Waals surface area contributed by atoms with Gasteiger partial charge < -0.3 is 15.6 Å². The molecule has 2 atom stereocenters. The lowest BCUT2D eigenvalue weighted by Gasteiger charge is -2.34. The smallest absolute Gasteiger partial charge is 0.420 e. The Morgan fingerprint density at radius 1 is 1.00 bits per heavy atom. The molecule has 9 heteroatoms. The van der Waals surface area contributed by atoms with Crippen LogP contribution in [-0.2, 0) is 20.7 Å². The molecule has 0 saturated heterocycles. The molecule has 0 amide bonds. The second kappa shape index (κ2) is 8.14. The highest BCUT2D eigenvalue weighted by molar-refractivity contribution is 6.42. The molecule has 0 radical (unpaired) electrons. The van der Waals surface area contributed by atoms with Crippen LogP contribution in [0.5, 0.6) is 0 Å². The number of carbonyl (C=O) groups excluding carboxylic acids is 1. The Bertz CT molecular complexity index is 895. The number of aliphatic hydroxyl groups is 1. The molecular weight excluding hydrogens is 430 g/mol. The lowest BCUT2D eigenvalue weighted by atomic mass is 9.85. The summed E-state index contributed by atoms with van der Waals surface area (Å²) in [5, 5.41) is 11.3. The molecule has 2 aromatic carbocycles. The second-order valence-corrected chi connectivity index (χ2v) is 8.38. The molecule has 0 fully saturated rings. The zero-order chi connectivity index (χ0) is 22.2. The summed E-state index contributed by atoms with van der Waals surface area (Å²) in [6.45, 7) is 5.83. The number of rotatable bonds is 4. The van der Waals surface area contributed by atoms with Gasteiger partial charge >= 0.3 is 12.1 Å². The van der Waals surface area contributed by atoms with E-state index in [9.17, 15) is 23.1 Å². The normalized spacial score (nSPS) is 15.5. The predicted octanol–water partition coefficient (Wildman–Crippen LogP) is 5.24. The molecule has 0 aromatic heterocycles. The van der Waals surface area contributed by atoms with Crippen LogP contribution in [0, 0.1) is 0 Å². The van der Waals surface area contributed by atoms with Crippen molar-refractivity contribution in [3.05, 3.63) is 69.2 Å². The quantitative estimate of drug-likeness (QED) is 0.494. The Kier molecular flexibility index (Phi) is 6.59. The molecule has 4 nitrogen and oxygen atoms in total. The van der Waals surface area contributed by atoms with Crippen molar-refractivity contribution in [2.75, 3.05) is 0 Å². The lowest BCUT2D eigenvalue weighted by Crippen LogP contribution is -2.45. The van der Waals surface area contributed by atoms with Crippen LogP contribution in [0.15, 0.2) is 42.5 Å². The molecule has 0 aliphatic heterocycles. The van der Waals surface area contributed by atoms with Gasteiger partial charge in [0.2, 0.25) is 0 Å². The molecule has 2 unspecified atom stereocenters. The SMILES string of the molecule is CC(C)(C)c1ccc(C(O)(OC(=O)C(F)(F)F)C(N)c2ccc(Cl)c(Cl)c2)cc1. The van der Waals surface area contributed by atoms with E-state index in [4.69, 9.17) is 28.9 Å². The number of benzene rings is 2. The van der Waals surface area contributed by atoms with Gasteiger partial charge in [-0.1, -0.05) is 74.3 Å². The van der Waals surface area contributed by atoms with Crippen LogP contribution in [0.1, 0.15) is 43.5 Å². The van der Waals surface area contributed by atoms with Crippen LogP contribution in [0.25, 0.3) is 0 Å². The van der Waals surface area contributed by atoms with Crippen molar-refractivity contribution in [2.45, 2.75) is 44.2 Å². The number of hydrogen-bond acceptors (Lipinski definition) is 4. The fraction of sp³-hybridized carbons (Fsp3) is 0.350. The average Bonchev–Trinajstić information content (AvgIpc) is 2.61. The molecule has 3 N–H and O–H groups in total. The van der Waals surface area contributed by atoms with E-state index in [-0.39, 0.29) is 26.6 Å². The minimum Gasteiger partial charge on any atom is -0.420 e. The minimum atomic E-state index is -5.32. The third kappa shape index (κ3) is 5.22. The molecule has 29 heavy (non-hydrogen) atoms. The van der Waals surface area contributed by atoms with E-state index < -0.39 is 24.0 Å². The molecule has 0 spiro atoms. The first-order valence-corrected chi connectivity index (χ1v) is 9.26. The van der Waals surface area contributed by atoms with Crippen LogP contribution in [-0.4, -0.2) is 17.3 Å². The largest absolute Gasteiger partial charge is 0.491 e. The van der Waals surface area contributed by atoms with E-state index in [1.165, 1.54) is 30.3 Å². The zero-order valence-electron chi connectivity index (χ0n) is 15.8. The highest BCUT2D eigenvalue weighted by atomic mass is 35.5. The number of esters is 1. The first kappa shape index (κ1) is 23.5. The van der Waals surface area contributed by atoms with Crippen LogP contribution in [0.4, 0.5) is 13.2 Å². The third-order valence-electron chi connectivity index (χ3n) is 4.37. The summed E-state index contributed by atoms with van der Waals surface area (Å²) < 4.78 is 43.0. The van der Waals surface area contributed by atoms with Gasteiger partial charge in [0, 0.05) is 5.56 Å². The van der Waals surface area contributed by atoms with Gasteiger partial charge in [0.15, 0.2) is 0 Å². The zero-order valence-corrected chi connectivity index (χ0v) is 17.4. The number of halogens is 5. The summed E-state index contributed by atoms with van der Waals surface area (Å²) in [5.41, 5.74) is 6.65. The number of hydrogen-bond donors (Lipinski definition) is 2. The maximum absolute atomic E-state index is 12.8. The molecule has 0 bridgehead atoms. The van der Waals surface area contributed by atoms with E-state index in [1.54, 1.807) is 12.1 Å². The first-order chi connectivity index (χ1) is 13.2. The van der Waals surface area contributed by atoms with Gasteiger partial charge in [-0.2, -0.15) is 13.2 Å². The van der Waals surface area contributed by atoms with Gasteiger partial charge in [-0.05, 0) is 28.7 Å². The highest BCUT2D eigenvalue weighted by Gasteiger charge is 2.49. The number of carbonyl (C=O) groups is 1. The molecule has 0 saturated carbocycles. The number of alkyl halides is 3. The van der Waals surface area contributed by atoms with Crippen molar-refractivity contribution < 1.29 is 27.8 Å². The maximum Gasteiger partial charge on any atom is 0.491 e. The monoisotopic (exact) mass is 449 g/mol. The summed E-state index contributed by atoms with van der Waals surface area (Å²) in [5.74, 6) is -5.38. The third-order valence-corrected chi connectivity index (χ3v) is 5.11. The minimum absolute atomic E-state index is 0.0761. The first-order valence-electron chi connectivity index (χ1n) is 8.50. The molecule has 2 rings (SSSR count). The molecule has 0 heterocycles. The topological polar surface area (TPSA) is 72.5 Å². The van der Waals surface area contributed by atoms with Gasteiger partial charge in [0.25, 0.3) is 5.79 Å². The molecule has 0 aliphatic rings. The van der Waals surface area contributed by atoms with Crippen molar-refractivity contribution in [3.63, 3.8) is 0 Å². The van der Waals surface area contributed by atoms with E-state index >= 15 is 0 Å². The molecule has 2 aromatic rings. The van der Waals surface area contributed by atoms with Crippen molar-refractivity contribution in [1.29, 1.82) is 0 Å². The average molecular weight is 450 g/mol. The van der Waals surface area contributed by atoms with Gasteiger partial charge in [0.05, 0.1) is 10.0 Å². The van der Waals surface area contributed by atoms with E-state index in [1.807, 2.05) is 20.8 Å². The van der Waals surface area contributed by atoms with Gasteiger partial charge in [-0.25, -0.2) is 4.79 Å². The van der Waals surface area contributed by atoms with Gasteiger partial charge in [-0.15, -0.1) is 0 Å². The Balaban J connectivity index is 2.56. The maximum atomic E-state index is 12.8. The van der Waals surface area contributed by atoms with Crippen molar-refractivity contribution in [1.82, 2.24) is 0 Å². The predicted molar refractivity (Wildman–Crippen MR) is 105 cm³/mol. The Morgan fingerprint density at radius 3 is 1.97 bits per heavy atom. The van der Waals surface area contributed by atoms with Crippen molar-refractivity contribution >= 4 is 29.2 Å². The standard InChI is InChI=1S/C20H20Cl2F3NO3/c1-18(2,3)12-5-7-13(8-6-12)19(28,29-17(27)20(23,24)25)16(26)11-4-9-14(21)15(22)10-11/h4-10,16,28H,26H2,1-3H3.